The first kappa shape index (κ1) is 20.9. The maximum atomic E-state index is 12.8. The van der Waals surface area contributed by atoms with Gasteiger partial charge in [0.25, 0.3) is 11.8 Å². The zero-order valence-corrected chi connectivity index (χ0v) is 16.6. The summed E-state index contributed by atoms with van der Waals surface area (Å²) < 4.78 is 41.4. The van der Waals surface area contributed by atoms with E-state index >= 15 is 0 Å². The molecule has 2 amide bonds. The number of rotatable bonds is 8. The van der Waals surface area contributed by atoms with Gasteiger partial charge < -0.3 is 19.6 Å². The molecule has 164 valence electrons. The van der Waals surface area contributed by atoms with Gasteiger partial charge in [0, 0.05) is 5.56 Å². The number of amides is 2. The van der Waals surface area contributed by atoms with Gasteiger partial charge in [-0.25, -0.2) is 9.98 Å². The average Bonchev–Trinajstić information content (AvgIpc) is 3.27. The van der Waals surface area contributed by atoms with Crippen LogP contribution in [0.2, 0.25) is 0 Å². The Bertz CT molecular complexity index is 1030. The number of carbonyl (C=O) groups excluding carboxylic acids is 2. The number of alkyl halides is 2. The van der Waals surface area contributed by atoms with Crippen LogP contribution in [0.25, 0.3) is 11.5 Å². The first-order chi connectivity index (χ1) is 14.8. The van der Waals surface area contributed by atoms with E-state index in [2.05, 4.69) is 14.7 Å². The van der Waals surface area contributed by atoms with Crippen LogP contribution in [-0.2, 0) is 4.79 Å². The number of aromatic nitrogens is 1. The van der Waals surface area contributed by atoms with E-state index < -0.39 is 24.5 Å². The largest absolute Gasteiger partial charge is 0.489 e. The van der Waals surface area contributed by atoms with Crippen molar-refractivity contribution >= 4 is 18.2 Å². The van der Waals surface area contributed by atoms with Crippen LogP contribution >= 0.6 is 0 Å². The molecule has 0 saturated heterocycles. The van der Waals surface area contributed by atoms with Crippen molar-refractivity contribution in [1.82, 2.24) is 9.88 Å². The van der Waals surface area contributed by atoms with Crippen molar-refractivity contribution in [3.8, 4) is 23.0 Å². The monoisotopic (exact) mass is 434 g/mol. The predicted molar refractivity (Wildman–Crippen MR) is 104 cm³/mol. The molecule has 1 aromatic heterocycles. The quantitative estimate of drug-likeness (QED) is 0.678. The first-order valence-corrected chi connectivity index (χ1v) is 9.68. The smallest absolute Gasteiger partial charge is 0.387 e. The van der Waals surface area contributed by atoms with E-state index in [0.29, 0.717) is 18.1 Å². The molecule has 1 aliphatic heterocycles. The summed E-state index contributed by atoms with van der Waals surface area (Å²) in [5, 5.41) is 0. The van der Waals surface area contributed by atoms with Crippen LogP contribution in [0, 0.1) is 5.92 Å². The third-order valence-corrected chi connectivity index (χ3v) is 4.76. The third kappa shape index (κ3) is 4.71. The molecule has 0 spiro atoms. The normalized spacial score (nSPS) is 16.8. The second kappa shape index (κ2) is 8.42. The zero-order valence-electron chi connectivity index (χ0n) is 16.6. The Morgan fingerprint density at radius 3 is 2.74 bits per heavy atom. The number of hydrogen-bond acceptors (Lipinski definition) is 7. The molecule has 31 heavy (non-hydrogen) atoms. The van der Waals surface area contributed by atoms with Gasteiger partial charge in [-0.2, -0.15) is 8.78 Å². The van der Waals surface area contributed by atoms with Gasteiger partial charge >= 0.3 is 6.61 Å². The minimum Gasteiger partial charge on any atom is -0.489 e. The average molecular weight is 434 g/mol. The fourth-order valence-corrected chi connectivity index (χ4v) is 2.98. The molecule has 2 aromatic rings. The van der Waals surface area contributed by atoms with E-state index in [0.717, 1.165) is 24.1 Å². The molecule has 2 aliphatic rings. The molecule has 0 radical (unpaired) electrons. The molecule has 9 nitrogen and oxygen atoms in total. The predicted octanol–water partition coefficient (Wildman–Crippen LogP) is 2.76. The van der Waals surface area contributed by atoms with Crippen LogP contribution in [0.5, 0.6) is 11.5 Å². The fourth-order valence-electron chi connectivity index (χ4n) is 2.98. The van der Waals surface area contributed by atoms with Crippen LogP contribution in [-0.4, -0.2) is 47.8 Å². The highest BCUT2D eigenvalue weighted by Gasteiger charge is 2.30. The third-order valence-electron chi connectivity index (χ3n) is 4.76. The van der Waals surface area contributed by atoms with Gasteiger partial charge in [0.05, 0.1) is 12.6 Å². The lowest BCUT2D eigenvalue weighted by Gasteiger charge is -2.12. The molecule has 1 saturated carbocycles. The number of benzene rings is 1. The molecule has 1 atom stereocenters. The Morgan fingerprint density at radius 1 is 1.35 bits per heavy atom. The van der Waals surface area contributed by atoms with Crippen LogP contribution in [0.1, 0.15) is 42.1 Å². The Balaban J connectivity index is 1.66. The van der Waals surface area contributed by atoms with E-state index in [1.54, 1.807) is 6.92 Å². The van der Waals surface area contributed by atoms with Gasteiger partial charge in [0.15, 0.2) is 23.0 Å². The highest BCUT2D eigenvalue weighted by Crippen LogP contribution is 2.37. The van der Waals surface area contributed by atoms with Gasteiger partial charge in [0.2, 0.25) is 5.89 Å². The van der Waals surface area contributed by atoms with Gasteiger partial charge in [-0.15, -0.1) is 0 Å². The van der Waals surface area contributed by atoms with Gasteiger partial charge in [0.1, 0.15) is 12.9 Å². The number of halogens is 2. The number of hydrogen-bond donors (Lipinski definition) is 1. The highest BCUT2D eigenvalue weighted by atomic mass is 19.3. The Kier molecular flexibility index (Phi) is 5.68. The molecular weight excluding hydrogens is 414 g/mol. The molecule has 1 aliphatic carbocycles. The van der Waals surface area contributed by atoms with E-state index in [1.165, 1.54) is 18.2 Å². The minimum absolute atomic E-state index is 0.0537. The highest BCUT2D eigenvalue weighted by molar-refractivity contribution is 6.07. The molecule has 4 rings (SSSR count). The SMILES string of the molecule is C[C@H](N)c1oc(-c2ccc(OC(F)F)c(OCC3CC3)c2)nc1C(=O)N1C=NC(=O)C1. The summed E-state index contributed by atoms with van der Waals surface area (Å²) in [5.74, 6) is -0.453. The van der Waals surface area contributed by atoms with Gasteiger partial charge in [-0.05, 0) is 43.9 Å². The Hall–Kier alpha value is -3.34. The molecular formula is C20H20F2N4O5. The number of nitrogens with two attached hydrogens (primary N) is 1. The fraction of sp³-hybridized carbons (Fsp3) is 0.400. The van der Waals surface area contributed by atoms with Crippen molar-refractivity contribution in [2.24, 2.45) is 16.6 Å². The van der Waals surface area contributed by atoms with Crippen molar-refractivity contribution in [3.05, 3.63) is 29.7 Å². The maximum Gasteiger partial charge on any atom is 0.387 e. The Labute approximate surface area is 175 Å². The number of aliphatic imine (C=N–C) groups is 1. The summed E-state index contributed by atoms with van der Waals surface area (Å²) in [7, 11) is 0. The first-order valence-electron chi connectivity index (χ1n) is 9.68. The van der Waals surface area contributed by atoms with Crippen molar-refractivity contribution in [2.45, 2.75) is 32.4 Å². The van der Waals surface area contributed by atoms with Crippen molar-refractivity contribution < 1.29 is 32.3 Å². The standard InChI is InChI=1S/C20H20F2N4O5/c1-10(23)17-16(19(28)26-7-15(27)24-9-26)25-18(31-17)12-4-5-13(30-20(21)22)14(6-12)29-8-11-2-3-11/h4-6,9-11,20H,2-3,7-8,23H2,1H3/t10-/m0/s1. The van der Waals surface area contributed by atoms with Crippen LogP contribution in [0.4, 0.5) is 8.78 Å². The van der Waals surface area contributed by atoms with Crippen molar-refractivity contribution in [2.75, 3.05) is 13.2 Å². The van der Waals surface area contributed by atoms with E-state index in [1.807, 2.05) is 0 Å². The summed E-state index contributed by atoms with van der Waals surface area (Å²) in [6.07, 6.45) is 3.18. The van der Waals surface area contributed by atoms with E-state index in [4.69, 9.17) is 14.9 Å². The lowest BCUT2D eigenvalue weighted by atomic mass is 10.2. The summed E-state index contributed by atoms with van der Waals surface area (Å²) in [6.45, 7) is -1.20. The van der Waals surface area contributed by atoms with E-state index in [-0.39, 0.29) is 35.4 Å². The van der Waals surface area contributed by atoms with Crippen LogP contribution in [0.3, 0.4) is 0 Å². The summed E-state index contributed by atoms with van der Waals surface area (Å²) >= 11 is 0. The molecule has 2 heterocycles. The molecule has 1 aromatic carbocycles. The van der Waals surface area contributed by atoms with Crippen molar-refractivity contribution in [1.29, 1.82) is 0 Å². The summed E-state index contributed by atoms with van der Waals surface area (Å²) in [6, 6.07) is 3.59. The maximum absolute atomic E-state index is 12.8. The number of carbonyl (C=O) groups is 2. The zero-order chi connectivity index (χ0) is 22.1. The topological polar surface area (TPSA) is 120 Å². The summed E-state index contributed by atoms with van der Waals surface area (Å²) in [5.41, 5.74) is 6.27. The second-order valence-electron chi connectivity index (χ2n) is 7.39. The Morgan fingerprint density at radius 2 is 2.13 bits per heavy atom. The van der Waals surface area contributed by atoms with Gasteiger partial charge in [-0.1, -0.05) is 0 Å². The van der Waals surface area contributed by atoms with Gasteiger partial charge in [-0.3, -0.25) is 14.5 Å². The number of nitrogens with zero attached hydrogens (tertiary/aromatic N) is 3. The molecule has 0 unspecified atom stereocenters. The minimum atomic E-state index is -3.00. The molecule has 2 N–H and O–H groups in total. The lowest BCUT2D eigenvalue weighted by Crippen LogP contribution is -2.30. The summed E-state index contributed by atoms with van der Waals surface area (Å²) in [4.78, 5) is 33.0. The van der Waals surface area contributed by atoms with Crippen molar-refractivity contribution in [3.63, 3.8) is 0 Å². The number of oxazole rings is 1. The van der Waals surface area contributed by atoms with Crippen LogP contribution in [0.15, 0.2) is 27.6 Å². The van der Waals surface area contributed by atoms with Crippen LogP contribution < -0.4 is 15.2 Å². The number of ether oxygens (including phenoxy) is 2. The molecule has 0 bridgehead atoms. The molecule has 11 heteroatoms. The molecule has 1 fully saturated rings. The lowest BCUT2D eigenvalue weighted by molar-refractivity contribution is -0.116. The van der Waals surface area contributed by atoms with E-state index in [9.17, 15) is 18.4 Å². The second-order valence-corrected chi connectivity index (χ2v) is 7.39.